The molecule has 0 radical (unpaired) electrons. The number of rotatable bonds is 6. The van der Waals surface area contributed by atoms with E-state index in [9.17, 15) is 35.9 Å². The van der Waals surface area contributed by atoms with Gasteiger partial charge in [0.05, 0.1) is 24.3 Å². The highest BCUT2D eigenvalue weighted by Gasteiger charge is 2.41. The summed E-state index contributed by atoms with van der Waals surface area (Å²) in [7, 11) is 1.26. The molecule has 6 nitrogen and oxygen atoms in total. The smallest absolute Gasteiger partial charge is 0.416 e. The maximum atomic E-state index is 13.8. The molecule has 0 spiro atoms. The topological polar surface area (TPSA) is 54.8 Å². The van der Waals surface area contributed by atoms with Crippen LogP contribution in [0.15, 0.2) is 85.1 Å². The van der Waals surface area contributed by atoms with Crippen LogP contribution in [-0.4, -0.2) is 59.0 Å². The van der Waals surface area contributed by atoms with Crippen LogP contribution in [0, 0.1) is 0 Å². The third-order valence-corrected chi connectivity index (χ3v) is 7.60. The van der Waals surface area contributed by atoms with Crippen LogP contribution < -0.4 is 0 Å². The number of aromatic nitrogens is 1. The molecule has 226 valence electrons. The van der Waals surface area contributed by atoms with Crippen LogP contribution in [0.5, 0.6) is 0 Å². The first-order chi connectivity index (χ1) is 20.4. The summed E-state index contributed by atoms with van der Waals surface area (Å²) >= 11 is 0. The highest BCUT2D eigenvalue weighted by atomic mass is 19.4. The molecule has 4 aromatic rings. The molecular weight excluding hydrogens is 576 g/mol. The number of nitrogens with zero attached hydrogens (tertiary/aromatic N) is 3. The number of para-hydroxylation sites is 1. The standard InChI is InChI=1S/C31H27F6N3O3/c1-43-29(42)27(21-8-3-2-4-9-21)39-13-14-40(25(19-39)18-38-12-11-20-7-5-6-10-26(20)38)28(41)22-15-23(30(32,33)34)17-24(16-22)31(35,36)37/h2-12,15-17,25,27H,13-14,18-19H2,1H3/t25-,27-/m0/s1. The molecule has 3 aromatic carbocycles. The molecule has 1 aliphatic heterocycles. The fourth-order valence-electron chi connectivity index (χ4n) is 5.55. The van der Waals surface area contributed by atoms with Crippen LogP contribution >= 0.6 is 0 Å². The first-order valence-electron chi connectivity index (χ1n) is 13.4. The molecule has 0 N–H and O–H groups in total. The monoisotopic (exact) mass is 603 g/mol. The van der Waals surface area contributed by atoms with Crippen molar-refractivity contribution in [2.24, 2.45) is 0 Å². The number of fused-ring (bicyclic) bond motifs is 1. The van der Waals surface area contributed by atoms with Crippen molar-refractivity contribution in [1.82, 2.24) is 14.4 Å². The summed E-state index contributed by atoms with van der Waals surface area (Å²) < 4.78 is 88.4. The lowest BCUT2D eigenvalue weighted by Crippen LogP contribution is -2.58. The van der Waals surface area contributed by atoms with Crippen LogP contribution in [0.25, 0.3) is 10.9 Å². The lowest BCUT2D eigenvalue weighted by atomic mass is 10.00. The van der Waals surface area contributed by atoms with Crippen molar-refractivity contribution >= 4 is 22.8 Å². The third-order valence-electron chi connectivity index (χ3n) is 7.60. The van der Waals surface area contributed by atoms with Gasteiger partial charge in [-0.3, -0.25) is 9.69 Å². The average Bonchev–Trinajstić information content (AvgIpc) is 3.39. The van der Waals surface area contributed by atoms with Crippen molar-refractivity contribution in [3.63, 3.8) is 0 Å². The second kappa shape index (κ2) is 11.8. The van der Waals surface area contributed by atoms with Crippen LogP contribution in [0.4, 0.5) is 26.3 Å². The lowest BCUT2D eigenvalue weighted by Gasteiger charge is -2.44. The molecule has 0 bridgehead atoms. The Kier molecular flexibility index (Phi) is 8.24. The number of esters is 1. The van der Waals surface area contributed by atoms with E-state index in [4.69, 9.17) is 4.74 Å². The fraction of sp³-hybridized carbons (Fsp3) is 0.290. The minimum absolute atomic E-state index is 0.00102. The number of hydrogen-bond donors (Lipinski definition) is 0. The Hall–Kier alpha value is -4.32. The number of benzene rings is 3. The summed E-state index contributed by atoms with van der Waals surface area (Å²) in [6.45, 7) is 0.330. The van der Waals surface area contributed by atoms with Crippen molar-refractivity contribution in [3.8, 4) is 0 Å². The zero-order chi connectivity index (χ0) is 30.9. The van der Waals surface area contributed by atoms with Gasteiger partial charge in [0.1, 0.15) is 6.04 Å². The van der Waals surface area contributed by atoms with E-state index in [-0.39, 0.29) is 32.2 Å². The molecule has 2 atom stereocenters. The zero-order valence-corrected chi connectivity index (χ0v) is 22.9. The third kappa shape index (κ3) is 6.38. The van der Waals surface area contributed by atoms with E-state index >= 15 is 0 Å². The van der Waals surface area contributed by atoms with Crippen molar-refractivity contribution in [3.05, 3.63) is 107 Å². The van der Waals surface area contributed by atoms with Gasteiger partial charge in [0.2, 0.25) is 0 Å². The van der Waals surface area contributed by atoms with Gasteiger partial charge in [0, 0.05) is 43.5 Å². The van der Waals surface area contributed by atoms with E-state index in [2.05, 4.69) is 0 Å². The second-order valence-electron chi connectivity index (χ2n) is 10.3. The first kappa shape index (κ1) is 30.1. The van der Waals surface area contributed by atoms with Crippen molar-refractivity contribution < 1.29 is 40.7 Å². The van der Waals surface area contributed by atoms with E-state index in [1.54, 1.807) is 36.5 Å². The highest BCUT2D eigenvalue weighted by Crippen LogP contribution is 2.37. The van der Waals surface area contributed by atoms with Gasteiger partial charge >= 0.3 is 18.3 Å². The second-order valence-corrected chi connectivity index (χ2v) is 10.3. The van der Waals surface area contributed by atoms with Crippen LogP contribution in [0.3, 0.4) is 0 Å². The van der Waals surface area contributed by atoms with E-state index in [1.807, 2.05) is 39.8 Å². The number of carbonyl (C=O) groups is 2. The Morgan fingerprint density at radius 1 is 0.860 bits per heavy atom. The summed E-state index contributed by atoms with van der Waals surface area (Å²) in [6, 6.07) is 17.5. The van der Waals surface area contributed by atoms with E-state index < -0.39 is 53.0 Å². The molecule has 12 heteroatoms. The minimum atomic E-state index is -5.10. The Morgan fingerprint density at radius 2 is 1.49 bits per heavy atom. The number of ether oxygens (including phenoxy) is 1. The predicted octanol–water partition coefficient (Wildman–Crippen LogP) is 6.42. The van der Waals surface area contributed by atoms with E-state index in [1.165, 1.54) is 12.0 Å². The molecular formula is C31H27F6N3O3. The van der Waals surface area contributed by atoms with Gasteiger partial charge < -0.3 is 14.2 Å². The van der Waals surface area contributed by atoms with Crippen molar-refractivity contribution in [2.75, 3.05) is 26.7 Å². The van der Waals surface area contributed by atoms with Gasteiger partial charge in [-0.1, -0.05) is 48.5 Å². The zero-order valence-electron chi connectivity index (χ0n) is 22.9. The number of amides is 1. The van der Waals surface area contributed by atoms with Gasteiger partial charge in [-0.25, -0.2) is 4.79 Å². The number of hydrogen-bond acceptors (Lipinski definition) is 4. The van der Waals surface area contributed by atoms with Gasteiger partial charge in [-0.05, 0) is 41.3 Å². The average molecular weight is 604 g/mol. The van der Waals surface area contributed by atoms with Gasteiger partial charge in [-0.15, -0.1) is 0 Å². The Morgan fingerprint density at radius 3 is 2.12 bits per heavy atom. The SMILES string of the molecule is COC(=O)[C@H](c1ccccc1)N1CCN(C(=O)c2cc(C(F)(F)F)cc(C(F)(F)F)c2)[C@@H](Cn2ccc3ccccc32)C1. The molecule has 1 amide bonds. The van der Waals surface area contributed by atoms with Crippen molar-refractivity contribution in [2.45, 2.75) is 31.0 Å². The first-order valence-corrected chi connectivity index (χ1v) is 13.4. The quantitative estimate of drug-likeness (QED) is 0.189. The Labute approximate surface area is 243 Å². The summed E-state index contributed by atoms with van der Waals surface area (Å²) in [4.78, 5) is 29.8. The molecule has 1 fully saturated rings. The summed E-state index contributed by atoms with van der Waals surface area (Å²) in [5.41, 5.74) is -2.37. The molecule has 2 heterocycles. The fourth-order valence-corrected chi connectivity index (χ4v) is 5.55. The predicted molar refractivity (Wildman–Crippen MR) is 146 cm³/mol. The van der Waals surface area contributed by atoms with Gasteiger partial charge in [0.25, 0.3) is 5.91 Å². The number of carbonyl (C=O) groups excluding carboxylic acids is 2. The molecule has 1 aliphatic rings. The van der Waals surface area contributed by atoms with E-state index in [0.717, 1.165) is 10.9 Å². The van der Waals surface area contributed by atoms with Crippen molar-refractivity contribution in [1.29, 1.82) is 0 Å². The molecule has 1 saturated heterocycles. The van der Waals surface area contributed by atoms with Gasteiger partial charge in [-0.2, -0.15) is 26.3 Å². The molecule has 0 aliphatic carbocycles. The molecule has 43 heavy (non-hydrogen) atoms. The maximum absolute atomic E-state index is 13.8. The minimum Gasteiger partial charge on any atom is -0.468 e. The molecule has 0 saturated carbocycles. The van der Waals surface area contributed by atoms with Crippen LogP contribution in [-0.2, 0) is 28.4 Å². The summed E-state index contributed by atoms with van der Waals surface area (Å²) in [5, 5.41) is 0.914. The Balaban J connectivity index is 1.54. The summed E-state index contributed by atoms with van der Waals surface area (Å²) in [6.07, 6.45) is -8.39. The Bertz CT molecular complexity index is 1580. The molecule has 5 rings (SSSR count). The number of methoxy groups -OCH3 is 1. The number of alkyl halides is 6. The highest BCUT2D eigenvalue weighted by molar-refractivity contribution is 5.95. The molecule has 1 aromatic heterocycles. The number of piperazine rings is 1. The van der Waals surface area contributed by atoms with Crippen LogP contribution in [0.1, 0.15) is 33.1 Å². The molecule has 0 unspecified atom stereocenters. The van der Waals surface area contributed by atoms with Gasteiger partial charge in [0.15, 0.2) is 0 Å². The van der Waals surface area contributed by atoms with Crippen LogP contribution in [0.2, 0.25) is 0 Å². The normalized spacial score (nSPS) is 17.2. The largest absolute Gasteiger partial charge is 0.468 e. The number of halogens is 6. The van der Waals surface area contributed by atoms with E-state index in [0.29, 0.717) is 17.7 Å². The maximum Gasteiger partial charge on any atom is 0.416 e. The lowest BCUT2D eigenvalue weighted by molar-refractivity contribution is -0.148. The summed E-state index contributed by atoms with van der Waals surface area (Å²) in [5.74, 6) is -1.50.